The molecule has 1 aromatic carbocycles. The van der Waals surface area contributed by atoms with Gasteiger partial charge in [0.2, 0.25) is 11.8 Å². The number of thiazole rings is 1. The lowest BCUT2D eigenvalue weighted by Crippen LogP contribution is -2.59. The molecule has 288 valence electrons. The largest absolute Gasteiger partial charge is 0.371 e. The van der Waals surface area contributed by atoms with Gasteiger partial charge in [-0.1, -0.05) is 104 Å². The quantitative estimate of drug-likeness (QED) is 0.0961. The Morgan fingerprint density at radius 2 is 1.63 bits per heavy atom. The first-order valence-electron chi connectivity index (χ1n) is 18.9. The first kappa shape index (κ1) is 42.7. The van der Waals surface area contributed by atoms with Crippen LogP contribution in [0.5, 0.6) is 0 Å². The monoisotopic (exact) mass is 739 g/mol. The molecule has 4 N–H and O–H groups in total. The van der Waals surface area contributed by atoms with Crippen LogP contribution in [0.3, 0.4) is 0 Å². The molecule has 0 aliphatic carbocycles. The van der Waals surface area contributed by atoms with E-state index in [0.29, 0.717) is 36.8 Å². The van der Waals surface area contributed by atoms with Crippen LogP contribution in [0.1, 0.15) is 127 Å². The van der Waals surface area contributed by atoms with Crippen molar-refractivity contribution >= 4 is 29.1 Å². The maximum absolute atomic E-state index is 14.6. The summed E-state index contributed by atoms with van der Waals surface area (Å²) in [6, 6.07) is 8.02. The lowest BCUT2D eigenvalue weighted by Gasteiger charge is -2.39. The first-order valence-corrected chi connectivity index (χ1v) is 19.8. The van der Waals surface area contributed by atoms with Crippen molar-refractivity contribution < 1.29 is 19.1 Å². The summed E-state index contributed by atoms with van der Waals surface area (Å²) >= 11 is 1.37. The van der Waals surface area contributed by atoms with Gasteiger partial charge in [0.25, 0.3) is 5.91 Å². The van der Waals surface area contributed by atoms with Crippen LogP contribution in [0.15, 0.2) is 35.7 Å². The number of nitrogens with zero attached hydrogens (tertiary/aromatic N) is 5. The summed E-state index contributed by atoms with van der Waals surface area (Å²) in [5.74, 6) is -0.0804. The van der Waals surface area contributed by atoms with Gasteiger partial charge < -0.3 is 25.6 Å². The number of H-pyrrole nitrogens is 1. The van der Waals surface area contributed by atoms with Crippen LogP contribution >= 0.6 is 11.3 Å². The molecule has 0 saturated heterocycles. The Bertz CT molecular complexity index is 1490. The summed E-state index contributed by atoms with van der Waals surface area (Å²) in [7, 11) is 1.79. The second-order valence-electron chi connectivity index (χ2n) is 14.0. The van der Waals surface area contributed by atoms with Gasteiger partial charge in [-0.3, -0.25) is 14.4 Å². The highest BCUT2D eigenvalue weighted by atomic mass is 32.1. The Balaban J connectivity index is 1.88. The number of tetrazole rings is 1. The number of rotatable bonds is 23. The molecule has 2 aromatic heterocycles. The van der Waals surface area contributed by atoms with E-state index >= 15 is 0 Å². The molecule has 52 heavy (non-hydrogen) atoms. The van der Waals surface area contributed by atoms with Crippen LogP contribution in [0, 0.1) is 17.8 Å². The van der Waals surface area contributed by atoms with E-state index in [4.69, 9.17) is 9.72 Å². The van der Waals surface area contributed by atoms with Crippen molar-refractivity contribution in [1.82, 2.24) is 46.5 Å². The fraction of sp³-hybridized carbons (Fsp3) is 0.658. The highest BCUT2D eigenvalue weighted by molar-refractivity contribution is 7.09. The molecule has 0 spiro atoms. The van der Waals surface area contributed by atoms with Gasteiger partial charge in [-0.05, 0) is 43.2 Å². The molecule has 0 bridgehead atoms. The number of likely N-dealkylation sites (N-methyl/N-ethyl adjacent to an activating group) is 1. The Hall–Kier alpha value is -3.75. The van der Waals surface area contributed by atoms with Crippen molar-refractivity contribution in [2.75, 3.05) is 20.2 Å². The van der Waals surface area contributed by atoms with E-state index in [0.717, 1.165) is 31.2 Å². The highest BCUT2D eigenvalue weighted by Crippen LogP contribution is 2.32. The summed E-state index contributed by atoms with van der Waals surface area (Å²) in [5, 5.41) is 26.2. The molecule has 14 heteroatoms. The Morgan fingerprint density at radius 3 is 2.21 bits per heavy atom. The van der Waals surface area contributed by atoms with Gasteiger partial charge in [-0.2, -0.15) is 5.21 Å². The van der Waals surface area contributed by atoms with Crippen molar-refractivity contribution in [3.8, 4) is 0 Å². The highest BCUT2D eigenvalue weighted by Gasteiger charge is 2.37. The summed E-state index contributed by atoms with van der Waals surface area (Å²) in [5.41, 5.74) is 1.29. The number of carbonyl (C=O) groups excluding carboxylic acids is 3. The molecule has 2 heterocycles. The second kappa shape index (κ2) is 21.7. The van der Waals surface area contributed by atoms with Crippen LogP contribution in [0.25, 0.3) is 0 Å². The predicted molar refractivity (Wildman–Crippen MR) is 205 cm³/mol. The Labute approximate surface area is 313 Å². The molecule has 3 rings (SSSR count). The van der Waals surface area contributed by atoms with Gasteiger partial charge in [0.05, 0.1) is 12.1 Å². The molecular formula is C38H61N9O4S. The second-order valence-corrected chi connectivity index (χ2v) is 14.9. The van der Waals surface area contributed by atoms with Crippen LogP contribution in [0.2, 0.25) is 0 Å². The standard InChI is InChI=1S/C38H61N9O4S/c1-10-19-47(38(50)33(26(8)13-4)42-36(49)32(39-9)25(7)12-3)30(24(5)6)22-31(51-20-11-2)37-41-29(23-52-37)35(48)40-28(34-43-45-46-44-34)21-27-17-15-14-16-18-27/h14-18,23-26,28,30-33,39H,10-13,19-22H2,1-9H3,(H,40,48)(H,42,49)(H,43,44,45,46)/t25-,26-,28?,30+,31+,32+,33-/m0/s1. The van der Waals surface area contributed by atoms with Crippen molar-refractivity contribution in [2.24, 2.45) is 17.8 Å². The topological polar surface area (TPSA) is 167 Å². The summed E-state index contributed by atoms with van der Waals surface area (Å²) in [6.07, 6.45) is 3.66. The maximum Gasteiger partial charge on any atom is 0.271 e. The van der Waals surface area contributed by atoms with E-state index < -0.39 is 24.2 Å². The van der Waals surface area contributed by atoms with Crippen LogP contribution in [-0.4, -0.2) is 86.6 Å². The number of hydrogen-bond donors (Lipinski definition) is 4. The Kier molecular flexibility index (Phi) is 17.8. The summed E-state index contributed by atoms with van der Waals surface area (Å²) in [6.45, 7) is 17.5. The maximum atomic E-state index is 14.6. The van der Waals surface area contributed by atoms with E-state index in [1.807, 2.05) is 62.9 Å². The van der Waals surface area contributed by atoms with Crippen molar-refractivity contribution in [3.05, 3.63) is 57.8 Å². The molecule has 3 amide bonds. The van der Waals surface area contributed by atoms with Gasteiger partial charge in [-0.15, -0.1) is 21.5 Å². The number of benzene rings is 1. The third-order valence-electron chi connectivity index (χ3n) is 9.77. The minimum atomic E-state index is -0.668. The molecule has 0 radical (unpaired) electrons. The number of aromatic amines is 1. The van der Waals surface area contributed by atoms with Gasteiger partial charge in [0, 0.05) is 37.4 Å². The van der Waals surface area contributed by atoms with Crippen molar-refractivity contribution in [2.45, 2.75) is 124 Å². The molecule has 0 aliphatic rings. The molecule has 0 aliphatic heterocycles. The van der Waals surface area contributed by atoms with Crippen LogP contribution in [-0.2, 0) is 20.7 Å². The van der Waals surface area contributed by atoms with Crippen molar-refractivity contribution in [3.63, 3.8) is 0 Å². The van der Waals surface area contributed by atoms with Gasteiger partial charge >= 0.3 is 0 Å². The molecule has 13 nitrogen and oxygen atoms in total. The average Bonchev–Trinajstić information content (AvgIpc) is 3.87. The van der Waals surface area contributed by atoms with Gasteiger partial charge in [0.1, 0.15) is 22.8 Å². The summed E-state index contributed by atoms with van der Waals surface area (Å²) < 4.78 is 6.42. The lowest BCUT2D eigenvalue weighted by molar-refractivity contribution is -0.142. The number of amides is 3. The fourth-order valence-corrected chi connectivity index (χ4v) is 7.18. The van der Waals surface area contributed by atoms with Crippen LogP contribution < -0.4 is 16.0 Å². The Morgan fingerprint density at radius 1 is 0.942 bits per heavy atom. The molecule has 1 unspecified atom stereocenters. The zero-order chi connectivity index (χ0) is 38.2. The third kappa shape index (κ3) is 11.9. The van der Waals surface area contributed by atoms with Crippen molar-refractivity contribution in [1.29, 1.82) is 0 Å². The SMILES string of the molecule is CCCO[C@H](C[C@H](C(C)C)N(CCC)C(=O)[C@@H](NC(=O)[C@H](NC)[C@@H](C)CC)[C@@H](C)CC)c1nc(C(=O)NC(Cc2ccccc2)c2nn[nH]n2)cs1. The average molecular weight is 740 g/mol. The fourth-order valence-electron chi connectivity index (χ4n) is 6.32. The minimum Gasteiger partial charge on any atom is -0.371 e. The number of carbonyl (C=O) groups is 3. The molecular weight excluding hydrogens is 679 g/mol. The number of hydrogen-bond acceptors (Lipinski definition) is 10. The predicted octanol–water partition coefficient (Wildman–Crippen LogP) is 5.66. The number of aromatic nitrogens is 5. The van der Waals surface area contributed by atoms with Crippen LogP contribution in [0.4, 0.5) is 0 Å². The van der Waals surface area contributed by atoms with E-state index in [9.17, 15) is 14.4 Å². The number of nitrogens with one attached hydrogen (secondary N) is 4. The lowest BCUT2D eigenvalue weighted by atomic mass is 9.91. The van der Waals surface area contributed by atoms with E-state index in [2.05, 4.69) is 64.3 Å². The summed E-state index contributed by atoms with van der Waals surface area (Å²) in [4.78, 5) is 48.5. The zero-order valence-electron chi connectivity index (χ0n) is 32.5. The molecule has 3 aromatic rings. The minimum absolute atomic E-state index is 0.0663. The smallest absolute Gasteiger partial charge is 0.271 e. The molecule has 0 saturated carbocycles. The number of ether oxygens (including phenoxy) is 1. The third-order valence-corrected chi connectivity index (χ3v) is 10.7. The molecule has 0 fully saturated rings. The van der Waals surface area contributed by atoms with Gasteiger partial charge in [-0.25, -0.2) is 4.98 Å². The zero-order valence-corrected chi connectivity index (χ0v) is 33.3. The van der Waals surface area contributed by atoms with E-state index in [1.165, 1.54) is 11.3 Å². The first-order chi connectivity index (χ1) is 25.0. The van der Waals surface area contributed by atoms with E-state index in [1.54, 1.807) is 12.4 Å². The van der Waals surface area contributed by atoms with E-state index in [-0.39, 0.29) is 47.2 Å². The molecule has 7 atom stereocenters. The normalized spacial score (nSPS) is 15.7. The van der Waals surface area contributed by atoms with Gasteiger partial charge in [0.15, 0.2) is 5.82 Å².